The lowest BCUT2D eigenvalue weighted by Crippen LogP contribution is -2.21. The normalized spacial score (nSPS) is 11.0. The van der Waals surface area contributed by atoms with Crippen molar-refractivity contribution in [2.24, 2.45) is 0 Å². The highest BCUT2D eigenvalue weighted by atomic mass is 35.5. The molecular formula is C25H27ClN4O4. The van der Waals surface area contributed by atoms with E-state index in [0.29, 0.717) is 34.3 Å². The van der Waals surface area contributed by atoms with E-state index in [1.807, 2.05) is 32.0 Å². The quantitative estimate of drug-likeness (QED) is 0.420. The predicted molar refractivity (Wildman–Crippen MR) is 132 cm³/mol. The molecule has 34 heavy (non-hydrogen) atoms. The van der Waals surface area contributed by atoms with Crippen LogP contribution in [-0.4, -0.2) is 34.8 Å². The van der Waals surface area contributed by atoms with Crippen molar-refractivity contribution >= 4 is 35.2 Å². The summed E-state index contributed by atoms with van der Waals surface area (Å²) in [5.41, 5.74) is 2.19. The van der Waals surface area contributed by atoms with Gasteiger partial charge < -0.3 is 20.1 Å². The third kappa shape index (κ3) is 7.38. The van der Waals surface area contributed by atoms with Crippen LogP contribution in [0.5, 0.6) is 11.5 Å². The van der Waals surface area contributed by atoms with Crippen LogP contribution in [0.15, 0.2) is 60.9 Å². The Bertz CT molecular complexity index is 1160. The number of ether oxygens (including phenoxy) is 2. The molecule has 1 heterocycles. The van der Waals surface area contributed by atoms with Gasteiger partial charge >= 0.3 is 0 Å². The van der Waals surface area contributed by atoms with Crippen molar-refractivity contribution in [1.29, 1.82) is 0 Å². The predicted octanol–water partition coefficient (Wildman–Crippen LogP) is 4.30. The van der Waals surface area contributed by atoms with Gasteiger partial charge in [-0.2, -0.15) is 5.10 Å². The Hall–Kier alpha value is -3.78. The lowest BCUT2D eigenvalue weighted by Gasteiger charge is -2.15. The first-order valence-electron chi connectivity index (χ1n) is 10.7. The number of methoxy groups -OCH3 is 1. The van der Waals surface area contributed by atoms with Crippen LogP contribution < -0.4 is 20.1 Å². The van der Waals surface area contributed by atoms with E-state index in [9.17, 15) is 9.59 Å². The molecule has 2 N–H and O–H groups in total. The topological polar surface area (TPSA) is 94.5 Å². The first kappa shape index (κ1) is 24.9. The molecule has 0 bridgehead atoms. The molecule has 1 aromatic heterocycles. The number of carbonyl (C=O) groups is 2. The second-order valence-corrected chi connectivity index (χ2v) is 8.11. The minimum atomic E-state index is -0.272. The van der Waals surface area contributed by atoms with Crippen LogP contribution in [-0.2, 0) is 22.7 Å². The molecular weight excluding hydrogens is 456 g/mol. The van der Waals surface area contributed by atoms with Gasteiger partial charge in [-0.25, -0.2) is 0 Å². The molecule has 178 valence electrons. The van der Waals surface area contributed by atoms with Gasteiger partial charge in [-0.15, -0.1) is 0 Å². The number of nitrogens with one attached hydrogen (secondary N) is 2. The molecule has 9 heteroatoms. The van der Waals surface area contributed by atoms with Crippen molar-refractivity contribution in [1.82, 2.24) is 15.1 Å². The van der Waals surface area contributed by atoms with Crippen molar-refractivity contribution < 1.29 is 19.1 Å². The summed E-state index contributed by atoms with van der Waals surface area (Å²) in [7, 11) is 1.53. The van der Waals surface area contributed by atoms with E-state index in [2.05, 4.69) is 15.7 Å². The zero-order valence-electron chi connectivity index (χ0n) is 19.2. The molecule has 0 saturated carbocycles. The summed E-state index contributed by atoms with van der Waals surface area (Å²) >= 11 is 6.33. The van der Waals surface area contributed by atoms with E-state index >= 15 is 0 Å². The molecule has 0 aliphatic heterocycles. The molecule has 3 aromatic rings. The fourth-order valence-corrected chi connectivity index (χ4v) is 3.37. The molecule has 8 nitrogen and oxygen atoms in total. The number of amides is 2. The number of carbonyl (C=O) groups excluding carboxylic acids is 2. The Morgan fingerprint density at radius 3 is 2.74 bits per heavy atom. The summed E-state index contributed by atoms with van der Waals surface area (Å²) in [5.74, 6) is 0.502. The number of hydrogen-bond acceptors (Lipinski definition) is 5. The monoisotopic (exact) mass is 482 g/mol. The van der Waals surface area contributed by atoms with Crippen LogP contribution >= 0.6 is 11.6 Å². The number of halogens is 1. The highest BCUT2D eigenvalue weighted by Crippen LogP contribution is 2.37. The number of rotatable bonds is 10. The van der Waals surface area contributed by atoms with Gasteiger partial charge in [0.1, 0.15) is 6.54 Å². The fourth-order valence-electron chi connectivity index (χ4n) is 3.11. The van der Waals surface area contributed by atoms with Crippen molar-refractivity contribution in [2.75, 3.05) is 12.4 Å². The molecule has 2 aromatic carbocycles. The van der Waals surface area contributed by atoms with Crippen molar-refractivity contribution in [3.8, 4) is 11.5 Å². The van der Waals surface area contributed by atoms with Gasteiger partial charge in [0.05, 0.1) is 18.2 Å². The molecule has 0 saturated heterocycles. The summed E-state index contributed by atoms with van der Waals surface area (Å²) in [6, 6.07) is 12.5. The Morgan fingerprint density at radius 1 is 1.21 bits per heavy atom. The van der Waals surface area contributed by atoms with Gasteiger partial charge in [0.15, 0.2) is 11.5 Å². The molecule has 0 radical (unpaired) electrons. The molecule has 0 unspecified atom stereocenters. The Morgan fingerprint density at radius 2 is 2.03 bits per heavy atom. The van der Waals surface area contributed by atoms with Gasteiger partial charge in [0.2, 0.25) is 11.8 Å². The minimum absolute atomic E-state index is 0.0539. The second-order valence-electron chi connectivity index (χ2n) is 7.70. The van der Waals surface area contributed by atoms with Crippen molar-refractivity contribution in [3.05, 3.63) is 77.1 Å². The van der Waals surface area contributed by atoms with E-state index in [1.54, 1.807) is 47.4 Å². The van der Waals surface area contributed by atoms with Gasteiger partial charge in [0.25, 0.3) is 0 Å². The van der Waals surface area contributed by atoms with E-state index < -0.39 is 0 Å². The van der Waals surface area contributed by atoms with Crippen LogP contribution in [0.25, 0.3) is 6.08 Å². The SMILES string of the molecule is COc1cc(/C=C/C(=O)NCc2cccc(NC(=O)Cn3cccn3)c2)cc(Cl)c1OC(C)C. The second kappa shape index (κ2) is 11.9. The first-order chi connectivity index (χ1) is 16.3. The molecule has 0 aliphatic rings. The number of aromatic nitrogens is 2. The molecule has 0 aliphatic carbocycles. The van der Waals surface area contributed by atoms with E-state index in [-0.39, 0.29) is 24.5 Å². The lowest BCUT2D eigenvalue weighted by atomic mass is 10.1. The number of benzene rings is 2. The molecule has 0 spiro atoms. The van der Waals surface area contributed by atoms with Crippen LogP contribution in [0.1, 0.15) is 25.0 Å². The fraction of sp³-hybridized carbons (Fsp3) is 0.240. The van der Waals surface area contributed by atoms with Gasteiger partial charge in [-0.05, 0) is 61.4 Å². The number of nitrogens with zero attached hydrogens (tertiary/aromatic N) is 2. The largest absolute Gasteiger partial charge is 0.493 e. The van der Waals surface area contributed by atoms with Crippen LogP contribution in [0.4, 0.5) is 5.69 Å². The van der Waals surface area contributed by atoms with Gasteiger partial charge in [0, 0.05) is 30.7 Å². The van der Waals surface area contributed by atoms with Gasteiger partial charge in [-0.3, -0.25) is 14.3 Å². The molecule has 3 rings (SSSR count). The summed E-state index contributed by atoms with van der Waals surface area (Å²) in [4.78, 5) is 24.5. The van der Waals surface area contributed by atoms with E-state index in [1.165, 1.54) is 13.2 Å². The van der Waals surface area contributed by atoms with Crippen LogP contribution in [0.3, 0.4) is 0 Å². The highest BCUT2D eigenvalue weighted by Gasteiger charge is 2.13. The average molecular weight is 483 g/mol. The van der Waals surface area contributed by atoms with Gasteiger partial charge in [-0.1, -0.05) is 23.7 Å². The van der Waals surface area contributed by atoms with Crippen LogP contribution in [0.2, 0.25) is 5.02 Å². The maximum atomic E-state index is 12.3. The van der Waals surface area contributed by atoms with Crippen molar-refractivity contribution in [3.63, 3.8) is 0 Å². The molecule has 0 fully saturated rings. The van der Waals surface area contributed by atoms with Crippen molar-refractivity contribution in [2.45, 2.75) is 33.0 Å². The Balaban J connectivity index is 1.56. The van der Waals surface area contributed by atoms with E-state index in [0.717, 1.165) is 5.56 Å². The minimum Gasteiger partial charge on any atom is -0.493 e. The smallest absolute Gasteiger partial charge is 0.246 e. The first-order valence-corrected chi connectivity index (χ1v) is 11.1. The van der Waals surface area contributed by atoms with E-state index in [4.69, 9.17) is 21.1 Å². The summed E-state index contributed by atoms with van der Waals surface area (Å²) in [5, 5.41) is 10.1. The standard InChI is InChI=1S/C25H27ClN4O4/c1-17(2)34-25-21(26)13-18(14-22(25)33-3)8-9-23(31)27-15-19-6-4-7-20(12-19)29-24(32)16-30-11-5-10-28-30/h4-14,17H,15-16H2,1-3H3,(H,27,31)(H,29,32)/b9-8+. The average Bonchev–Trinajstić information content (AvgIpc) is 3.30. The molecule has 2 amide bonds. The Kier molecular flexibility index (Phi) is 8.70. The maximum absolute atomic E-state index is 12.3. The summed E-state index contributed by atoms with van der Waals surface area (Å²) in [6.45, 7) is 4.23. The number of anilines is 1. The third-order valence-corrected chi connectivity index (χ3v) is 4.86. The maximum Gasteiger partial charge on any atom is 0.246 e. The summed E-state index contributed by atoms with van der Waals surface area (Å²) in [6.07, 6.45) is 6.35. The molecule has 0 atom stereocenters. The lowest BCUT2D eigenvalue weighted by molar-refractivity contribution is -0.117. The summed E-state index contributed by atoms with van der Waals surface area (Å²) < 4.78 is 12.6. The number of hydrogen-bond donors (Lipinski definition) is 2. The highest BCUT2D eigenvalue weighted by molar-refractivity contribution is 6.32. The zero-order chi connectivity index (χ0) is 24.5. The Labute approximate surface area is 203 Å². The zero-order valence-corrected chi connectivity index (χ0v) is 20.0. The van der Waals surface area contributed by atoms with Crippen LogP contribution in [0, 0.1) is 0 Å². The third-order valence-electron chi connectivity index (χ3n) is 4.57.